The van der Waals surface area contributed by atoms with Gasteiger partial charge in [-0.05, 0) is 30.4 Å². The van der Waals surface area contributed by atoms with Crippen LogP contribution in [0, 0.1) is 12.3 Å². The summed E-state index contributed by atoms with van der Waals surface area (Å²) in [5.74, 6) is 0. The van der Waals surface area contributed by atoms with Crippen LogP contribution >= 0.6 is 15.9 Å². The van der Waals surface area contributed by atoms with E-state index in [0.29, 0.717) is 10.2 Å². The molecule has 2 heteroatoms. The molecule has 15 heavy (non-hydrogen) atoms. The minimum atomic E-state index is 0.374. The second kappa shape index (κ2) is 5.11. The van der Waals surface area contributed by atoms with Gasteiger partial charge in [0.25, 0.3) is 0 Å². The van der Waals surface area contributed by atoms with Gasteiger partial charge in [0.05, 0.1) is 0 Å². The van der Waals surface area contributed by atoms with Crippen LogP contribution in [0.1, 0.15) is 38.4 Å². The predicted molar refractivity (Wildman–Crippen MR) is 69.5 cm³/mol. The van der Waals surface area contributed by atoms with Gasteiger partial charge in [-0.3, -0.25) is 4.98 Å². The molecule has 0 aliphatic rings. The summed E-state index contributed by atoms with van der Waals surface area (Å²) in [6.45, 7) is 8.87. The van der Waals surface area contributed by atoms with Crippen molar-refractivity contribution < 1.29 is 0 Å². The first-order valence-electron chi connectivity index (χ1n) is 5.42. The summed E-state index contributed by atoms with van der Waals surface area (Å²) in [6, 6.07) is 4.24. The first-order chi connectivity index (χ1) is 6.87. The van der Waals surface area contributed by atoms with Gasteiger partial charge in [-0.15, -0.1) is 0 Å². The molecule has 0 amide bonds. The minimum absolute atomic E-state index is 0.374. The van der Waals surface area contributed by atoms with Crippen LogP contribution in [0.25, 0.3) is 0 Å². The molecule has 1 nitrogen and oxygen atoms in total. The molecule has 0 aliphatic carbocycles. The molecule has 1 rings (SSSR count). The zero-order valence-electron chi connectivity index (χ0n) is 10.0. The third-order valence-corrected chi connectivity index (χ3v) is 2.88. The maximum atomic E-state index is 4.42. The molecule has 0 saturated carbocycles. The second-order valence-corrected chi connectivity index (χ2v) is 6.69. The Hall–Kier alpha value is -0.370. The number of aromatic nitrogens is 1. The van der Waals surface area contributed by atoms with E-state index in [1.165, 1.54) is 17.7 Å². The molecule has 0 radical (unpaired) electrons. The highest BCUT2D eigenvalue weighted by Gasteiger charge is 2.16. The van der Waals surface area contributed by atoms with E-state index < -0.39 is 0 Å². The number of hydrogen-bond acceptors (Lipinski definition) is 1. The van der Waals surface area contributed by atoms with Crippen molar-refractivity contribution in [3.63, 3.8) is 0 Å². The highest BCUT2D eigenvalue weighted by atomic mass is 79.9. The maximum absolute atomic E-state index is 4.42. The van der Waals surface area contributed by atoms with Gasteiger partial charge in [0.1, 0.15) is 0 Å². The lowest BCUT2D eigenvalue weighted by molar-refractivity contribution is 0.373. The summed E-state index contributed by atoms with van der Waals surface area (Å²) in [5.41, 5.74) is 2.77. The lowest BCUT2D eigenvalue weighted by atomic mass is 9.89. The topological polar surface area (TPSA) is 12.9 Å². The van der Waals surface area contributed by atoms with Crippen LogP contribution in [0.4, 0.5) is 0 Å². The first-order valence-corrected chi connectivity index (χ1v) is 6.34. The van der Waals surface area contributed by atoms with Crippen molar-refractivity contribution in [2.45, 2.75) is 45.4 Å². The molecule has 0 fully saturated rings. The summed E-state index contributed by atoms with van der Waals surface area (Å²) in [4.78, 5) is 4.94. The number of rotatable bonds is 3. The molecule has 84 valence electrons. The first kappa shape index (κ1) is 12.7. The molecule has 1 aromatic heterocycles. The van der Waals surface area contributed by atoms with Gasteiger partial charge in [-0.1, -0.05) is 42.8 Å². The van der Waals surface area contributed by atoms with Crippen LogP contribution in [-0.2, 0) is 6.42 Å². The molecule has 0 aromatic carbocycles. The molecule has 0 bridgehead atoms. The number of hydrogen-bond donors (Lipinski definition) is 0. The SMILES string of the molecule is Cc1ccc(CC(Br)CC(C)(C)C)nc1. The Labute approximate surface area is 101 Å². The highest BCUT2D eigenvalue weighted by Crippen LogP contribution is 2.26. The van der Waals surface area contributed by atoms with Crippen LogP contribution in [0.3, 0.4) is 0 Å². The maximum Gasteiger partial charge on any atom is 0.0414 e. The van der Waals surface area contributed by atoms with E-state index in [4.69, 9.17) is 0 Å². The van der Waals surface area contributed by atoms with Crippen LogP contribution in [0.5, 0.6) is 0 Å². The third-order valence-electron chi connectivity index (χ3n) is 2.24. The Morgan fingerprint density at radius 3 is 2.47 bits per heavy atom. The molecule has 1 atom stereocenters. The van der Waals surface area contributed by atoms with Crippen molar-refractivity contribution in [3.05, 3.63) is 29.6 Å². The summed E-state index contributed by atoms with van der Waals surface area (Å²) < 4.78 is 0. The lowest BCUT2D eigenvalue weighted by Crippen LogP contribution is -2.15. The molecule has 1 aromatic rings. The fourth-order valence-corrected chi connectivity index (χ4v) is 2.89. The van der Waals surface area contributed by atoms with Gasteiger partial charge >= 0.3 is 0 Å². The van der Waals surface area contributed by atoms with Gasteiger partial charge in [0, 0.05) is 23.1 Å². The van der Waals surface area contributed by atoms with Crippen LogP contribution in [0.15, 0.2) is 18.3 Å². The van der Waals surface area contributed by atoms with Crippen molar-refractivity contribution in [1.82, 2.24) is 4.98 Å². The van der Waals surface area contributed by atoms with Gasteiger partial charge in [0.15, 0.2) is 0 Å². The van der Waals surface area contributed by atoms with Crippen molar-refractivity contribution in [1.29, 1.82) is 0 Å². The Balaban J connectivity index is 2.51. The largest absolute Gasteiger partial charge is 0.261 e. The van der Waals surface area contributed by atoms with Crippen molar-refractivity contribution in [2.24, 2.45) is 5.41 Å². The highest BCUT2D eigenvalue weighted by molar-refractivity contribution is 9.09. The van der Waals surface area contributed by atoms with Gasteiger partial charge in [0.2, 0.25) is 0 Å². The molecule has 0 spiro atoms. The average molecular weight is 270 g/mol. The third kappa shape index (κ3) is 5.31. The smallest absolute Gasteiger partial charge is 0.0414 e. The van der Waals surface area contributed by atoms with Crippen molar-refractivity contribution >= 4 is 15.9 Å². The van der Waals surface area contributed by atoms with Gasteiger partial charge in [-0.2, -0.15) is 0 Å². The quantitative estimate of drug-likeness (QED) is 0.752. The molecule has 0 N–H and O–H groups in total. The Bertz CT molecular complexity index is 297. The van der Waals surface area contributed by atoms with E-state index >= 15 is 0 Å². The monoisotopic (exact) mass is 269 g/mol. The van der Waals surface area contributed by atoms with E-state index in [1.807, 2.05) is 6.20 Å². The lowest BCUT2D eigenvalue weighted by Gasteiger charge is -2.21. The predicted octanol–water partition coefficient (Wildman–Crippen LogP) is 4.13. The summed E-state index contributed by atoms with van der Waals surface area (Å²) in [6.07, 6.45) is 4.12. The molecular formula is C13H20BrN. The Morgan fingerprint density at radius 1 is 1.33 bits per heavy atom. The van der Waals surface area contributed by atoms with Crippen molar-refractivity contribution in [2.75, 3.05) is 0 Å². The minimum Gasteiger partial charge on any atom is -0.261 e. The van der Waals surface area contributed by atoms with Gasteiger partial charge < -0.3 is 0 Å². The summed E-state index contributed by atoms with van der Waals surface area (Å²) >= 11 is 3.73. The fourth-order valence-electron chi connectivity index (χ4n) is 1.58. The standard InChI is InChI=1S/C13H20BrN/c1-10-5-6-12(15-9-10)7-11(14)8-13(2,3)4/h5-6,9,11H,7-8H2,1-4H3. The number of nitrogens with zero attached hydrogens (tertiary/aromatic N) is 1. The molecular weight excluding hydrogens is 250 g/mol. The number of halogens is 1. The van der Waals surface area contributed by atoms with E-state index in [9.17, 15) is 0 Å². The number of alkyl halides is 1. The molecule has 1 heterocycles. The Kier molecular flexibility index (Phi) is 4.32. The molecule has 0 aliphatic heterocycles. The van der Waals surface area contributed by atoms with Crippen LogP contribution in [-0.4, -0.2) is 9.81 Å². The van der Waals surface area contributed by atoms with E-state index in [2.05, 4.69) is 60.7 Å². The molecule has 1 unspecified atom stereocenters. The summed E-state index contributed by atoms with van der Waals surface area (Å²) in [7, 11) is 0. The normalized spacial score (nSPS) is 13.9. The molecule has 0 saturated heterocycles. The number of pyridine rings is 1. The second-order valence-electron chi connectivity index (χ2n) is 5.39. The average Bonchev–Trinajstić information content (AvgIpc) is 2.05. The van der Waals surface area contributed by atoms with Gasteiger partial charge in [-0.25, -0.2) is 0 Å². The number of aryl methyl sites for hydroxylation is 1. The summed E-state index contributed by atoms with van der Waals surface area (Å²) in [5, 5.41) is 0. The zero-order valence-corrected chi connectivity index (χ0v) is 11.6. The van der Waals surface area contributed by atoms with E-state index in [1.54, 1.807) is 0 Å². The van der Waals surface area contributed by atoms with Crippen molar-refractivity contribution in [3.8, 4) is 0 Å². The van der Waals surface area contributed by atoms with Crippen LogP contribution < -0.4 is 0 Å². The zero-order chi connectivity index (χ0) is 11.5. The fraction of sp³-hybridized carbons (Fsp3) is 0.615. The van der Waals surface area contributed by atoms with E-state index in [0.717, 1.165) is 6.42 Å². The van der Waals surface area contributed by atoms with E-state index in [-0.39, 0.29) is 0 Å². The Morgan fingerprint density at radius 2 is 2.00 bits per heavy atom. The van der Waals surface area contributed by atoms with Crippen LogP contribution in [0.2, 0.25) is 0 Å².